The molecule has 1 fully saturated rings. The Labute approximate surface area is 157 Å². The predicted octanol–water partition coefficient (Wildman–Crippen LogP) is 2.30. The van der Waals surface area contributed by atoms with Gasteiger partial charge in [-0.3, -0.25) is 4.79 Å². The fourth-order valence-corrected chi connectivity index (χ4v) is 2.78. The van der Waals surface area contributed by atoms with Crippen molar-refractivity contribution in [2.45, 2.75) is 65.6 Å². The summed E-state index contributed by atoms with van der Waals surface area (Å²) in [6, 6.07) is 0. The average molecular weight is 370 g/mol. The zero-order chi connectivity index (χ0) is 20.1. The molecule has 0 aromatic heterocycles. The lowest BCUT2D eigenvalue weighted by atomic mass is 9.90. The van der Waals surface area contributed by atoms with Crippen LogP contribution in [-0.4, -0.2) is 58.7 Å². The van der Waals surface area contributed by atoms with E-state index in [4.69, 9.17) is 10.5 Å². The van der Waals surface area contributed by atoms with Crippen LogP contribution in [0.3, 0.4) is 0 Å². The van der Waals surface area contributed by atoms with Crippen LogP contribution in [0.2, 0.25) is 0 Å². The average Bonchev–Trinajstić information content (AvgIpc) is 2.50. The Morgan fingerprint density at radius 2 is 2.08 bits per heavy atom. The van der Waals surface area contributed by atoms with Crippen molar-refractivity contribution in [3.05, 3.63) is 11.9 Å². The molecule has 2 amide bonds. The van der Waals surface area contributed by atoms with E-state index in [0.717, 1.165) is 17.9 Å². The van der Waals surface area contributed by atoms with Crippen molar-refractivity contribution in [2.75, 3.05) is 20.1 Å². The van der Waals surface area contributed by atoms with E-state index in [9.17, 15) is 14.7 Å². The van der Waals surface area contributed by atoms with E-state index in [1.54, 1.807) is 27.0 Å². The van der Waals surface area contributed by atoms with Crippen LogP contribution in [0.1, 0.15) is 53.9 Å². The molecular weight excluding hydrogens is 334 g/mol. The first kappa shape index (κ1) is 22.3. The highest BCUT2D eigenvalue weighted by Crippen LogP contribution is 2.25. The smallest absolute Gasteiger partial charge is 0.417 e. The highest BCUT2D eigenvalue weighted by molar-refractivity contribution is 5.94. The highest BCUT2D eigenvalue weighted by atomic mass is 16.6. The fraction of sp³-hybridized carbons (Fsp3) is 0.789. The van der Waals surface area contributed by atoms with Crippen molar-refractivity contribution in [1.29, 1.82) is 0 Å². The third-order valence-corrected chi connectivity index (χ3v) is 4.25. The van der Waals surface area contributed by atoms with Crippen LogP contribution in [0, 0.1) is 11.8 Å². The Morgan fingerprint density at radius 1 is 1.46 bits per heavy atom. The maximum Gasteiger partial charge on any atom is 0.417 e. The number of piperidine rings is 1. The van der Waals surface area contributed by atoms with Gasteiger partial charge in [0.25, 0.3) is 0 Å². The number of nitrogens with two attached hydrogens (primary N) is 1. The van der Waals surface area contributed by atoms with Gasteiger partial charge in [-0.15, -0.1) is 0 Å². The predicted molar refractivity (Wildman–Crippen MR) is 101 cm³/mol. The molecule has 7 nitrogen and oxygen atoms in total. The van der Waals surface area contributed by atoms with Crippen molar-refractivity contribution < 1.29 is 19.4 Å². The number of carbonyl (C=O) groups excluding carboxylic acids is 2. The minimum absolute atomic E-state index is 0.237. The first-order valence-electron chi connectivity index (χ1n) is 9.32. The normalized spacial score (nSPS) is 20.3. The summed E-state index contributed by atoms with van der Waals surface area (Å²) in [6.07, 6.45) is 2.00. The summed E-state index contributed by atoms with van der Waals surface area (Å²) in [6.45, 7) is 10.6. The molecule has 1 saturated heterocycles. The first-order valence-corrected chi connectivity index (χ1v) is 9.32. The molecular formula is C19H35N3O4. The summed E-state index contributed by atoms with van der Waals surface area (Å²) in [5.41, 5.74) is 5.58. The molecule has 0 saturated carbocycles. The lowest BCUT2D eigenvalue weighted by molar-refractivity contribution is -0.140. The van der Waals surface area contributed by atoms with Crippen LogP contribution in [0.4, 0.5) is 4.79 Å². The Bertz CT molecular complexity index is 525. The van der Waals surface area contributed by atoms with E-state index in [2.05, 4.69) is 13.8 Å². The van der Waals surface area contributed by atoms with Gasteiger partial charge in [0.05, 0.1) is 11.6 Å². The quantitative estimate of drug-likeness (QED) is 0.746. The maximum absolute atomic E-state index is 12.7. The number of aliphatic hydroxyl groups is 1. The second-order valence-electron chi connectivity index (χ2n) is 8.46. The zero-order valence-corrected chi connectivity index (χ0v) is 17.0. The molecule has 1 heterocycles. The molecule has 0 radical (unpaired) electrons. The zero-order valence-electron chi connectivity index (χ0n) is 17.0. The summed E-state index contributed by atoms with van der Waals surface area (Å²) in [4.78, 5) is 27.9. The second kappa shape index (κ2) is 9.26. The van der Waals surface area contributed by atoms with E-state index in [1.807, 2.05) is 11.9 Å². The Morgan fingerprint density at radius 3 is 2.62 bits per heavy atom. The summed E-state index contributed by atoms with van der Waals surface area (Å²) >= 11 is 0. The summed E-state index contributed by atoms with van der Waals surface area (Å²) in [7, 11) is 1.89. The van der Waals surface area contributed by atoms with Gasteiger partial charge in [-0.1, -0.05) is 13.8 Å². The summed E-state index contributed by atoms with van der Waals surface area (Å²) in [5.74, 6) is -0.593. The van der Waals surface area contributed by atoms with Crippen LogP contribution in [0.25, 0.3) is 0 Å². The Balaban J connectivity index is 2.77. The van der Waals surface area contributed by atoms with Crippen LogP contribution in [-0.2, 0) is 9.53 Å². The fourth-order valence-electron chi connectivity index (χ4n) is 2.78. The van der Waals surface area contributed by atoms with E-state index >= 15 is 0 Å². The molecule has 3 N–H and O–H groups in total. The standard InChI is InChI=1S/C19H35N3O4/c1-13(2)9-11-21(6)12-15(20)16(23)14-8-7-10-22(17(14)24)18(25)26-19(3,4)5/h12-14,16,23H,7-11,20H2,1-6H3/b15-12-. The van der Waals surface area contributed by atoms with Crippen LogP contribution >= 0.6 is 0 Å². The molecule has 0 bridgehead atoms. The van der Waals surface area contributed by atoms with Crippen LogP contribution < -0.4 is 5.73 Å². The van der Waals surface area contributed by atoms with E-state index < -0.39 is 29.6 Å². The number of amides is 2. The van der Waals surface area contributed by atoms with Crippen LogP contribution in [0.5, 0.6) is 0 Å². The van der Waals surface area contributed by atoms with Crippen LogP contribution in [0.15, 0.2) is 11.9 Å². The molecule has 26 heavy (non-hydrogen) atoms. The SMILES string of the molecule is CC(C)CCN(C)/C=C(\N)C(O)C1CCCN(C(=O)OC(C)(C)C)C1=O. The van der Waals surface area contributed by atoms with Crippen molar-refractivity contribution in [1.82, 2.24) is 9.80 Å². The highest BCUT2D eigenvalue weighted by Gasteiger charge is 2.39. The first-order chi connectivity index (χ1) is 11.9. The number of nitrogens with zero attached hydrogens (tertiary/aromatic N) is 2. The van der Waals surface area contributed by atoms with E-state index in [-0.39, 0.29) is 5.70 Å². The van der Waals surface area contributed by atoms with Gasteiger partial charge >= 0.3 is 6.09 Å². The number of carbonyl (C=O) groups is 2. The minimum atomic E-state index is -1.12. The van der Waals surface area contributed by atoms with Crippen molar-refractivity contribution in [3.8, 4) is 0 Å². The molecule has 0 aromatic rings. The number of hydrogen-bond donors (Lipinski definition) is 2. The van der Waals surface area contributed by atoms with Gasteiger partial charge < -0.3 is 20.5 Å². The molecule has 150 valence electrons. The third kappa shape index (κ3) is 6.86. The molecule has 0 aliphatic carbocycles. The number of hydrogen-bond acceptors (Lipinski definition) is 6. The summed E-state index contributed by atoms with van der Waals surface area (Å²) in [5, 5.41) is 10.6. The molecule has 2 atom stereocenters. The van der Waals surface area contributed by atoms with Crippen molar-refractivity contribution >= 4 is 12.0 Å². The Kier molecular flexibility index (Phi) is 7.93. The molecule has 1 rings (SSSR count). The number of aliphatic hydroxyl groups excluding tert-OH is 1. The maximum atomic E-state index is 12.7. The van der Waals surface area contributed by atoms with Gasteiger partial charge in [-0.05, 0) is 46.0 Å². The van der Waals surface area contributed by atoms with Gasteiger partial charge in [0, 0.05) is 26.3 Å². The van der Waals surface area contributed by atoms with E-state index in [0.29, 0.717) is 25.3 Å². The molecule has 0 aromatic carbocycles. The van der Waals surface area contributed by atoms with Gasteiger partial charge in [-0.2, -0.15) is 0 Å². The number of imide groups is 1. The van der Waals surface area contributed by atoms with Crippen molar-refractivity contribution in [3.63, 3.8) is 0 Å². The lowest BCUT2D eigenvalue weighted by Gasteiger charge is -2.34. The van der Waals surface area contributed by atoms with Gasteiger partial charge in [0.1, 0.15) is 11.7 Å². The Hall–Kier alpha value is -1.76. The van der Waals surface area contributed by atoms with E-state index in [1.165, 1.54) is 0 Å². The number of ether oxygens (including phenoxy) is 1. The lowest BCUT2D eigenvalue weighted by Crippen LogP contribution is -2.50. The topological polar surface area (TPSA) is 96.1 Å². The summed E-state index contributed by atoms with van der Waals surface area (Å²) < 4.78 is 5.29. The molecule has 0 spiro atoms. The largest absolute Gasteiger partial charge is 0.443 e. The third-order valence-electron chi connectivity index (χ3n) is 4.25. The molecule has 7 heteroatoms. The number of likely N-dealkylation sites (tertiary alicyclic amines) is 1. The monoisotopic (exact) mass is 369 g/mol. The minimum Gasteiger partial charge on any atom is -0.443 e. The molecule has 1 aliphatic rings. The molecule has 1 aliphatic heterocycles. The van der Waals surface area contributed by atoms with Gasteiger partial charge in [0.15, 0.2) is 0 Å². The molecule has 2 unspecified atom stereocenters. The van der Waals surface area contributed by atoms with Crippen molar-refractivity contribution in [2.24, 2.45) is 17.6 Å². The second-order valence-corrected chi connectivity index (χ2v) is 8.46. The van der Waals surface area contributed by atoms with Gasteiger partial charge in [-0.25, -0.2) is 9.69 Å². The number of rotatable bonds is 6. The van der Waals surface area contributed by atoms with Gasteiger partial charge in [0.2, 0.25) is 5.91 Å².